The lowest BCUT2D eigenvalue weighted by molar-refractivity contribution is 0.484. The lowest BCUT2D eigenvalue weighted by atomic mass is 10.3. The summed E-state index contributed by atoms with van der Waals surface area (Å²) in [5.74, 6) is 1.45. The van der Waals surface area contributed by atoms with Crippen LogP contribution in [0.2, 0.25) is 0 Å². The number of rotatable bonds is 2. The summed E-state index contributed by atoms with van der Waals surface area (Å²) in [6.07, 6.45) is 0. The second-order valence-electron chi connectivity index (χ2n) is 3.24. The summed E-state index contributed by atoms with van der Waals surface area (Å²) in [5.41, 5.74) is 6.51. The van der Waals surface area contributed by atoms with Gasteiger partial charge in [-0.3, -0.25) is 0 Å². The Morgan fingerprint density at radius 2 is 1.94 bits per heavy atom. The second kappa shape index (κ2) is 5.05. The van der Waals surface area contributed by atoms with Gasteiger partial charge in [-0.25, -0.2) is 0 Å². The molecule has 0 fully saturated rings. The van der Waals surface area contributed by atoms with E-state index >= 15 is 0 Å². The summed E-state index contributed by atoms with van der Waals surface area (Å²) in [5, 5.41) is 0. The van der Waals surface area contributed by atoms with Gasteiger partial charge < -0.3 is 10.5 Å². The second-order valence-corrected chi connectivity index (χ2v) is 5.40. The molecule has 0 aliphatic rings. The summed E-state index contributed by atoms with van der Waals surface area (Å²) in [4.78, 5) is 0. The molecule has 0 aliphatic carbocycles. The molecule has 0 heterocycles. The van der Waals surface area contributed by atoms with Crippen molar-refractivity contribution in [3.63, 3.8) is 0 Å². The molecule has 0 bridgehead atoms. The van der Waals surface area contributed by atoms with Crippen LogP contribution in [0.3, 0.4) is 0 Å². The number of ether oxygens (including phenoxy) is 1. The molecule has 0 unspecified atom stereocenters. The van der Waals surface area contributed by atoms with E-state index < -0.39 is 0 Å². The first kappa shape index (κ1) is 11.7. The maximum absolute atomic E-state index is 5.87. The highest BCUT2D eigenvalue weighted by Crippen LogP contribution is 2.29. The highest BCUT2D eigenvalue weighted by Gasteiger charge is 2.02. The molecule has 0 aromatic heterocycles. The van der Waals surface area contributed by atoms with Crippen molar-refractivity contribution in [1.29, 1.82) is 0 Å². The summed E-state index contributed by atoms with van der Waals surface area (Å²) >= 11 is 5.61. The third-order valence-corrected chi connectivity index (χ3v) is 3.16. The molecule has 2 aromatic carbocycles. The van der Waals surface area contributed by atoms with E-state index in [9.17, 15) is 0 Å². The number of nitrogens with two attached hydrogens (primary N) is 1. The molecule has 16 heavy (non-hydrogen) atoms. The van der Waals surface area contributed by atoms with E-state index in [1.165, 1.54) is 0 Å². The lowest BCUT2D eigenvalue weighted by Crippen LogP contribution is -1.92. The van der Waals surface area contributed by atoms with Crippen LogP contribution < -0.4 is 10.5 Å². The van der Waals surface area contributed by atoms with Crippen molar-refractivity contribution >= 4 is 44.2 Å². The van der Waals surface area contributed by atoms with E-state index in [1.54, 1.807) is 0 Å². The normalized spacial score (nSPS) is 10.1. The predicted molar refractivity (Wildman–Crippen MR) is 77.8 cm³/mol. The predicted octanol–water partition coefficient (Wildman–Crippen LogP) is 4.43. The molecule has 2 N–H and O–H groups in total. The van der Waals surface area contributed by atoms with Gasteiger partial charge >= 0.3 is 0 Å². The molecule has 0 saturated heterocycles. The van der Waals surface area contributed by atoms with Gasteiger partial charge in [0.15, 0.2) is 0 Å². The Balaban J connectivity index is 2.27. The van der Waals surface area contributed by atoms with Crippen LogP contribution in [-0.2, 0) is 0 Å². The van der Waals surface area contributed by atoms with Crippen LogP contribution in [0.4, 0.5) is 5.69 Å². The third-order valence-electron chi connectivity index (χ3n) is 2.00. The lowest BCUT2D eigenvalue weighted by Gasteiger charge is -2.08. The SMILES string of the molecule is Nc1cc(I)ccc1Oc1cccc(Br)c1. The molecule has 0 amide bonds. The Kier molecular flexibility index (Phi) is 3.70. The molecule has 0 saturated carbocycles. The van der Waals surface area contributed by atoms with Crippen LogP contribution in [0.5, 0.6) is 11.5 Å². The Morgan fingerprint density at radius 1 is 1.12 bits per heavy atom. The van der Waals surface area contributed by atoms with Crippen molar-refractivity contribution in [2.24, 2.45) is 0 Å². The van der Waals surface area contributed by atoms with Gasteiger partial charge in [-0.2, -0.15) is 0 Å². The minimum Gasteiger partial charge on any atom is -0.455 e. The van der Waals surface area contributed by atoms with E-state index in [2.05, 4.69) is 38.5 Å². The number of anilines is 1. The summed E-state index contributed by atoms with van der Waals surface area (Å²) in [7, 11) is 0. The van der Waals surface area contributed by atoms with Gasteiger partial charge in [0.05, 0.1) is 5.69 Å². The number of hydrogen-bond donors (Lipinski definition) is 1. The van der Waals surface area contributed by atoms with Gasteiger partial charge in [-0.05, 0) is 59.0 Å². The number of benzene rings is 2. The molecule has 0 atom stereocenters. The number of halogens is 2. The van der Waals surface area contributed by atoms with Crippen LogP contribution in [0, 0.1) is 3.57 Å². The van der Waals surface area contributed by atoms with Gasteiger partial charge in [0.1, 0.15) is 11.5 Å². The van der Waals surface area contributed by atoms with Crippen LogP contribution in [0.15, 0.2) is 46.9 Å². The minimum absolute atomic E-state index is 0.645. The third kappa shape index (κ3) is 2.89. The molecule has 82 valence electrons. The van der Waals surface area contributed by atoms with Crippen molar-refractivity contribution in [3.8, 4) is 11.5 Å². The van der Waals surface area contributed by atoms with Crippen LogP contribution in [0.1, 0.15) is 0 Å². The molecule has 2 aromatic rings. The first-order chi connectivity index (χ1) is 7.65. The van der Waals surface area contributed by atoms with Gasteiger partial charge in [-0.15, -0.1) is 0 Å². The maximum atomic E-state index is 5.87. The molecule has 0 aliphatic heterocycles. The molecule has 0 spiro atoms. The van der Waals surface area contributed by atoms with Crippen molar-refractivity contribution < 1.29 is 4.74 Å². The van der Waals surface area contributed by atoms with Crippen molar-refractivity contribution in [2.75, 3.05) is 5.73 Å². The molecular formula is C12H9BrINO. The number of hydrogen-bond acceptors (Lipinski definition) is 2. The first-order valence-corrected chi connectivity index (χ1v) is 6.51. The molecular weight excluding hydrogens is 381 g/mol. The zero-order valence-electron chi connectivity index (χ0n) is 8.28. The van der Waals surface area contributed by atoms with Crippen LogP contribution in [0.25, 0.3) is 0 Å². The summed E-state index contributed by atoms with van der Waals surface area (Å²) in [6, 6.07) is 13.4. The average molecular weight is 390 g/mol. The highest BCUT2D eigenvalue weighted by atomic mass is 127. The molecule has 2 rings (SSSR count). The fourth-order valence-electron chi connectivity index (χ4n) is 1.27. The van der Waals surface area contributed by atoms with Gasteiger partial charge in [0.25, 0.3) is 0 Å². The minimum atomic E-state index is 0.645. The van der Waals surface area contributed by atoms with Crippen LogP contribution in [-0.4, -0.2) is 0 Å². The molecule has 0 radical (unpaired) electrons. The van der Waals surface area contributed by atoms with Gasteiger partial charge in [-0.1, -0.05) is 22.0 Å². The number of nitrogen functional groups attached to an aromatic ring is 1. The Bertz CT molecular complexity index is 516. The molecule has 4 heteroatoms. The maximum Gasteiger partial charge on any atom is 0.150 e. The molecule has 2 nitrogen and oxygen atoms in total. The Hall–Kier alpha value is -0.750. The Morgan fingerprint density at radius 3 is 2.62 bits per heavy atom. The summed E-state index contributed by atoms with van der Waals surface area (Å²) in [6.45, 7) is 0. The van der Waals surface area contributed by atoms with Gasteiger partial charge in [0.2, 0.25) is 0 Å². The average Bonchev–Trinajstić information content (AvgIpc) is 2.22. The van der Waals surface area contributed by atoms with Crippen LogP contribution >= 0.6 is 38.5 Å². The van der Waals surface area contributed by atoms with E-state index in [4.69, 9.17) is 10.5 Å². The van der Waals surface area contributed by atoms with E-state index in [1.807, 2.05) is 42.5 Å². The zero-order valence-corrected chi connectivity index (χ0v) is 12.0. The standard InChI is InChI=1S/C12H9BrINO/c13-8-2-1-3-10(6-8)16-12-5-4-9(14)7-11(12)15/h1-7H,15H2. The fourth-order valence-corrected chi connectivity index (χ4v) is 2.16. The topological polar surface area (TPSA) is 35.2 Å². The first-order valence-electron chi connectivity index (χ1n) is 4.63. The highest BCUT2D eigenvalue weighted by molar-refractivity contribution is 14.1. The van der Waals surface area contributed by atoms with Gasteiger partial charge in [0, 0.05) is 8.04 Å². The Labute approximate surface area is 116 Å². The quantitative estimate of drug-likeness (QED) is 0.609. The summed E-state index contributed by atoms with van der Waals surface area (Å²) < 4.78 is 7.76. The van der Waals surface area contributed by atoms with E-state index in [0.717, 1.165) is 13.8 Å². The van der Waals surface area contributed by atoms with Crippen molar-refractivity contribution in [1.82, 2.24) is 0 Å². The van der Waals surface area contributed by atoms with Crippen molar-refractivity contribution in [3.05, 3.63) is 50.5 Å². The largest absolute Gasteiger partial charge is 0.455 e. The monoisotopic (exact) mass is 389 g/mol. The van der Waals surface area contributed by atoms with E-state index in [0.29, 0.717) is 11.4 Å². The smallest absolute Gasteiger partial charge is 0.150 e. The fraction of sp³-hybridized carbons (Fsp3) is 0. The van der Waals surface area contributed by atoms with Crippen molar-refractivity contribution in [2.45, 2.75) is 0 Å². The zero-order chi connectivity index (χ0) is 11.5. The van der Waals surface area contributed by atoms with E-state index in [-0.39, 0.29) is 0 Å².